The summed E-state index contributed by atoms with van der Waals surface area (Å²) in [5, 5.41) is 4.22. The summed E-state index contributed by atoms with van der Waals surface area (Å²) in [6.07, 6.45) is 9.75. The predicted octanol–water partition coefficient (Wildman–Crippen LogP) is 3.51. The fraction of sp³-hybridized carbons (Fsp3) is 0.250. The summed E-state index contributed by atoms with van der Waals surface area (Å²) in [7, 11) is 0. The van der Waals surface area contributed by atoms with E-state index in [1.165, 1.54) is 0 Å². The van der Waals surface area contributed by atoms with Crippen LogP contribution in [0.3, 0.4) is 0 Å². The summed E-state index contributed by atoms with van der Waals surface area (Å²) >= 11 is 4.16. The molecule has 1 rings (SSSR count). The highest BCUT2D eigenvalue weighted by Gasteiger charge is 1.93. The van der Waals surface area contributed by atoms with Crippen LogP contribution in [0.5, 0.6) is 0 Å². The van der Waals surface area contributed by atoms with Gasteiger partial charge in [0.1, 0.15) is 0 Å². The van der Waals surface area contributed by atoms with E-state index < -0.39 is 0 Å². The van der Waals surface area contributed by atoms with E-state index in [2.05, 4.69) is 57.7 Å². The van der Waals surface area contributed by atoms with Gasteiger partial charge in [-0.25, -0.2) is 0 Å². The molecule has 1 heterocycles. The number of allylic oxidation sites excluding steroid dienone is 4. The molecule has 1 aliphatic rings. The molecule has 0 bridgehead atoms. The maximum absolute atomic E-state index is 2.43. The van der Waals surface area contributed by atoms with Gasteiger partial charge in [0, 0.05) is 3.92 Å². The van der Waals surface area contributed by atoms with Crippen LogP contribution in [0.2, 0.25) is 0 Å². The van der Waals surface area contributed by atoms with Crippen molar-refractivity contribution in [2.45, 2.75) is 10.3 Å². The average Bonchev–Trinajstić information content (AvgIpc) is 2.02. The second kappa shape index (κ2) is 5.02. The molecule has 1 aliphatic heterocycles. The molecule has 0 aromatic carbocycles. The molecule has 0 radical (unpaired) electrons. The first-order valence-corrected chi connectivity index (χ1v) is 5.36. The van der Waals surface area contributed by atoms with E-state index in [1.807, 2.05) is 0 Å². The molecule has 10 heavy (non-hydrogen) atoms. The molecule has 0 N–H and O–H groups in total. The summed E-state index contributed by atoms with van der Waals surface area (Å²) < 4.78 is 0.650. The van der Waals surface area contributed by atoms with E-state index in [0.717, 1.165) is 6.42 Å². The maximum atomic E-state index is 2.43. The van der Waals surface area contributed by atoms with E-state index in [9.17, 15) is 0 Å². The van der Waals surface area contributed by atoms with Crippen LogP contribution < -0.4 is 0 Å². The molecule has 0 saturated carbocycles. The largest absolute Gasteiger partial charge is 0.106 e. The Morgan fingerprint density at radius 2 is 2.20 bits per heavy atom. The standard InChI is InChI=1S/C8H9IS/c9-8-4-1-2-6-10-7-3-5-8/h1-4,6-8H,5H2/b4-1+,6-2-,7-3+/t8-/m0/s1. The number of hydrogen-bond acceptors (Lipinski definition) is 1. The number of alkyl halides is 1. The molecule has 1 atom stereocenters. The van der Waals surface area contributed by atoms with Crippen molar-refractivity contribution in [3.05, 3.63) is 35.1 Å². The third kappa shape index (κ3) is 3.46. The lowest BCUT2D eigenvalue weighted by atomic mass is 10.3. The highest BCUT2D eigenvalue weighted by Crippen LogP contribution is 2.13. The minimum Gasteiger partial charge on any atom is -0.106 e. The smallest absolute Gasteiger partial charge is 0.0327 e. The molecule has 2 heteroatoms. The van der Waals surface area contributed by atoms with E-state index in [-0.39, 0.29) is 0 Å². The Labute approximate surface area is 79.6 Å². The van der Waals surface area contributed by atoms with Crippen LogP contribution in [0.15, 0.2) is 35.1 Å². The average molecular weight is 264 g/mol. The van der Waals surface area contributed by atoms with Gasteiger partial charge in [-0.3, -0.25) is 0 Å². The SMILES string of the molecule is I[C@H]1/C=C/C=C\S/C=C/C1. The lowest BCUT2D eigenvalue weighted by molar-refractivity contribution is 1.11. The van der Waals surface area contributed by atoms with Gasteiger partial charge in [0.2, 0.25) is 0 Å². The maximum Gasteiger partial charge on any atom is 0.0327 e. The summed E-state index contributed by atoms with van der Waals surface area (Å²) in [6, 6.07) is 0. The van der Waals surface area contributed by atoms with Gasteiger partial charge < -0.3 is 0 Å². The summed E-state index contributed by atoms with van der Waals surface area (Å²) in [5.41, 5.74) is 0. The first-order chi connectivity index (χ1) is 4.89. The van der Waals surface area contributed by atoms with E-state index in [4.69, 9.17) is 0 Å². The predicted molar refractivity (Wildman–Crippen MR) is 57.4 cm³/mol. The Morgan fingerprint density at radius 3 is 3.10 bits per heavy atom. The van der Waals surface area contributed by atoms with Crippen molar-refractivity contribution >= 4 is 34.4 Å². The van der Waals surface area contributed by atoms with Crippen LogP contribution in [0.4, 0.5) is 0 Å². The van der Waals surface area contributed by atoms with E-state index in [1.54, 1.807) is 11.8 Å². The minimum absolute atomic E-state index is 0.650. The molecule has 0 amide bonds. The topological polar surface area (TPSA) is 0 Å². The van der Waals surface area contributed by atoms with Gasteiger partial charge in [0.25, 0.3) is 0 Å². The molecule has 0 aromatic heterocycles. The normalized spacial score (nSPS) is 35.1. The van der Waals surface area contributed by atoms with Gasteiger partial charge in [0.05, 0.1) is 0 Å². The second-order valence-corrected chi connectivity index (χ2v) is 4.39. The molecule has 0 fully saturated rings. The zero-order chi connectivity index (χ0) is 7.23. The fourth-order valence-corrected chi connectivity index (χ4v) is 1.67. The molecular weight excluding hydrogens is 255 g/mol. The molecule has 0 aliphatic carbocycles. The Bertz CT molecular complexity index is 170. The molecule has 54 valence electrons. The Hall–Kier alpha value is 0.300. The van der Waals surface area contributed by atoms with Gasteiger partial charge >= 0.3 is 0 Å². The summed E-state index contributed by atoms with van der Waals surface area (Å²) in [6.45, 7) is 0. The fourth-order valence-electron chi connectivity index (χ4n) is 0.640. The van der Waals surface area contributed by atoms with Gasteiger partial charge in [-0.05, 0) is 17.2 Å². The Morgan fingerprint density at radius 1 is 1.30 bits per heavy atom. The van der Waals surface area contributed by atoms with Gasteiger partial charge in [-0.2, -0.15) is 0 Å². The molecule has 0 nitrogen and oxygen atoms in total. The van der Waals surface area contributed by atoms with E-state index in [0.29, 0.717) is 3.92 Å². The lowest BCUT2D eigenvalue weighted by Gasteiger charge is -1.95. The van der Waals surface area contributed by atoms with Gasteiger partial charge in [-0.1, -0.05) is 46.9 Å². The van der Waals surface area contributed by atoms with Gasteiger partial charge in [-0.15, -0.1) is 11.8 Å². The zero-order valence-electron chi connectivity index (χ0n) is 5.53. The number of thioether (sulfide) groups is 1. The Balaban J connectivity index is 2.54. The van der Waals surface area contributed by atoms with Gasteiger partial charge in [0.15, 0.2) is 0 Å². The third-order valence-electron chi connectivity index (χ3n) is 1.12. The summed E-state index contributed by atoms with van der Waals surface area (Å²) in [4.78, 5) is 0. The van der Waals surface area contributed by atoms with Crippen LogP contribution >= 0.6 is 34.4 Å². The molecular formula is C8H9IS. The van der Waals surface area contributed by atoms with E-state index >= 15 is 0 Å². The first kappa shape index (κ1) is 8.40. The van der Waals surface area contributed by atoms with Crippen molar-refractivity contribution in [3.8, 4) is 0 Å². The lowest BCUT2D eigenvalue weighted by Crippen LogP contribution is -1.86. The van der Waals surface area contributed by atoms with Crippen molar-refractivity contribution in [2.75, 3.05) is 0 Å². The first-order valence-electron chi connectivity index (χ1n) is 3.17. The number of rotatable bonds is 0. The number of hydrogen-bond donors (Lipinski definition) is 0. The monoisotopic (exact) mass is 264 g/mol. The molecule has 0 spiro atoms. The minimum atomic E-state index is 0.650. The highest BCUT2D eigenvalue weighted by atomic mass is 127. The zero-order valence-corrected chi connectivity index (χ0v) is 8.51. The summed E-state index contributed by atoms with van der Waals surface area (Å²) in [5.74, 6) is 0. The van der Waals surface area contributed by atoms with Crippen LogP contribution in [0.25, 0.3) is 0 Å². The van der Waals surface area contributed by atoms with Crippen molar-refractivity contribution < 1.29 is 0 Å². The highest BCUT2D eigenvalue weighted by molar-refractivity contribution is 14.1. The van der Waals surface area contributed by atoms with Crippen LogP contribution in [-0.2, 0) is 0 Å². The molecule has 0 saturated heterocycles. The van der Waals surface area contributed by atoms with Crippen molar-refractivity contribution in [3.63, 3.8) is 0 Å². The number of halogens is 1. The molecule has 0 aromatic rings. The third-order valence-corrected chi connectivity index (χ3v) is 2.71. The van der Waals surface area contributed by atoms with Crippen molar-refractivity contribution in [2.24, 2.45) is 0 Å². The quantitative estimate of drug-likeness (QED) is 0.476. The Kier molecular flexibility index (Phi) is 4.21. The second-order valence-electron chi connectivity index (χ2n) is 1.97. The van der Waals surface area contributed by atoms with Crippen LogP contribution in [0.1, 0.15) is 6.42 Å². The van der Waals surface area contributed by atoms with Crippen molar-refractivity contribution in [1.29, 1.82) is 0 Å². The van der Waals surface area contributed by atoms with Crippen LogP contribution in [-0.4, -0.2) is 3.92 Å². The van der Waals surface area contributed by atoms with Crippen LogP contribution in [0, 0.1) is 0 Å². The molecule has 0 unspecified atom stereocenters. The van der Waals surface area contributed by atoms with Crippen molar-refractivity contribution in [1.82, 2.24) is 0 Å².